The van der Waals surface area contributed by atoms with Crippen LogP contribution >= 0.6 is 0 Å². The second-order valence-corrected chi connectivity index (χ2v) is 6.61. The number of aromatic nitrogens is 2. The van der Waals surface area contributed by atoms with E-state index in [2.05, 4.69) is 16.5 Å². The Balaban J connectivity index is 2.00. The van der Waals surface area contributed by atoms with Crippen molar-refractivity contribution in [2.45, 2.75) is 12.8 Å². The number of pyridine rings is 1. The second kappa shape index (κ2) is 6.88. The summed E-state index contributed by atoms with van der Waals surface area (Å²) in [4.78, 5) is 18.6. The van der Waals surface area contributed by atoms with Crippen LogP contribution in [0.4, 0.5) is 8.78 Å². The number of primary amides is 1. The molecule has 4 aromatic rings. The Hall–Kier alpha value is -3.54. The number of rotatable bonds is 5. The van der Waals surface area contributed by atoms with Gasteiger partial charge >= 0.3 is 0 Å². The van der Waals surface area contributed by atoms with Gasteiger partial charge < -0.3 is 10.7 Å². The van der Waals surface area contributed by atoms with Crippen LogP contribution in [0.25, 0.3) is 27.9 Å². The lowest BCUT2D eigenvalue weighted by molar-refractivity contribution is -0.117. The molecule has 0 fully saturated rings. The van der Waals surface area contributed by atoms with Crippen molar-refractivity contribution in [2.24, 2.45) is 5.73 Å². The highest BCUT2D eigenvalue weighted by atomic mass is 19.1. The molecule has 0 aliphatic carbocycles. The third kappa shape index (κ3) is 2.93. The van der Waals surface area contributed by atoms with Gasteiger partial charge in [-0.15, -0.1) is 0 Å². The number of nitrogens with one attached hydrogen (secondary N) is 1. The van der Waals surface area contributed by atoms with Gasteiger partial charge in [0, 0.05) is 34.5 Å². The zero-order valence-corrected chi connectivity index (χ0v) is 14.9. The lowest BCUT2D eigenvalue weighted by atomic mass is 9.95. The predicted octanol–water partition coefficient (Wildman–Crippen LogP) is 4.26. The molecule has 2 aromatic heterocycles. The zero-order valence-electron chi connectivity index (χ0n) is 14.9. The average Bonchev–Trinajstić information content (AvgIpc) is 3.05. The number of nitrogens with zero attached hydrogens (tertiary/aromatic N) is 1. The third-order valence-corrected chi connectivity index (χ3v) is 4.84. The van der Waals surface area contributed by atoms with E-state index in [4.69, 9.17) is 5.73 Å². The Morgan fingerprint density at radius 3 is 2.75 bits per heavy atom. The first-order valence-electron chi connectivity index (χ1n) is 8.74. The first-order valence-corrected chi connectivity index (χ1v) is 8.74. The normalized spacial score (nSPS) is 11.2. The summed E-state index contributed by atoms with van der Waals surface area (Å²) in [5.74, 6) is -1.58. The molecule has 0 atom stereocenters. The lowest BCUT2D eigenvalue weighted by Crippen LogP contribution is -2.14. The number of H-pyrrole nitrogens is 1. The van der Waals surface area contributed by atoms with Gasteiger partial charge in [-0.25, -0.2) is 8.78 Å². The minimum absolute atomic E-state index is 0.0379. The van der Waals surface area contributed by atoms with Crippen LogP contribution in [0, 0.1) is 11.6 Å². The molecule has 0 spiro atoms. The van der Waals surface area contributed by atoms with Gasteiger partial charge in [-0.1, -0.05) is 24.8 Å². The summed E-state index contributed by atoms with van der Waals surface area (Å²) < 4.78 is 29.8. The minimum Gasteiger partial charge on any atom is -0.369 e. The van der Waals surface area contributed by atoms with Crippen LogP contribution in [0.15, 0.2) is 49.2 Å². The maximum absolute atomic E-state index is 15.1. The zero-order chi connectivity index (χ0) is 19.8. The number of para-hydroxylation sites is 1. The Kier molecular flexibility index (Phi) is 4.39. The molecule has 0 aliphatic rings. The van der Waals surface area contributed by atoms with E-state index < -0.39 is 17.5 Å². The molecular formula is C22H17F2N3O. The molecule has 4 nitrogen and oxygen atoms in total. The molecule has 0 aliphatic heterocycles. The van der Waals surface area contributed by atoms with Crippen molar-refractivity contribution in [1.29, 1.82) is 0 Å². The van der Waals surface area contributed by atoms with E-state index in [1.807, 2.05) is 24.3 Å². The van der Waals surface area contributed by atoms with Crippen LogP contribution in [0.1, 0.15) is 22.4 Å². The molecular weight excluding hydrogens is 360 g/mol. The maximum atomic E-state index is 15.1. The first-order chi connectivity index (χ1) is 13.5. The molecule has 140 valence electrons. The molecule has 0 saturated heterocycles. The van der Waals surface area contributed by atoms with Crippen molar-refractivity contribution in [3.8, 4) is 0 Å². The molecule has 0 unspecified atom stereocenters. The van der Waals surface area contributed by atoms with E-state index in [0.29, 0.717) is 27.6 Å². The third-order valence-electron chi connectivity index (χ3n) is 4.84. The molecule has 3 N–H and O–H groups in total. The lowest BCUT2D eigenvalue weighted by Gasteiger charge is -2.11. The molecule has 6 heteroatoms. The van der Waals surface area contributed by atoms with Gasteiger partial charge in [0.25, 0.3) is 0 Å². The summed E-state index contributed by atoms with van der Waals surface area (Å²) in [6.45, 7) is 3.55. The van der Waals surface area contributed by atoms with Crippen molar-refractivity contribution >= 4 is 33.8 Å². The molecule has 4 rings (SSSR count). The summed E-state index contributed by atoms with van der Waals surface area (Å²) >= 11 is 0. The monoisotopic (exact) mass is 377 g/mol. The SMILES string of the molecule is C=Cc1nccc(Cc2c(F)cc(CC(N)=O)c3[nH]c4ccccc4c23)c1F. The highest BCUT2D eigenvalue weighted by Crippen LogP contribution is 2.34. The standard InChI is InChI=1S/C22H17F2N3O/c1-2-17-21(24)12(7-8-26-17)9-15-16(23)10-13(11-19(25)28)22-20(15)14-5-3-4-6-18(14)27-22/h2-8,10,27H,1,9,11H2,(H2,25,28). The minimum atomic E-state index is -0.553. The Labute approximate surface area is 159 Å². The van der Waals surface area contributed by atoms with Crippen molar-refractivity contribution in [3.63, 3.8) is 0 Å². The molecule has 0 radical (unpaired) electrons. The van der Waals surface area contributed by atoms with Crippen LogP contribution in [-0.2, 0) is 17.6 Å². The fourth-order valence-corrected chi connectivity index (χ4v) is 3.60. The van der Waals surface area contributed by atoms with E-state index in [-0.39, 0.29) is 18.5 Å². The number of aromatic amines is 1. The van der Waals surface area contributed by atoms with Gasteiger partial charge in [0.1, 0.15) is 5.82 Å². The maximum Gasteiger partial charge on any atom is 0.221 e. The summed E-state index contributed by atoms with van der Waals surface area (Å²) in [6.07, 6.45) is 2.74. The van der Waals surface area contributed by atoms with Crippen LogP contribution in [0.2, 0.25) is 0 Å². The number of amides is 1. The number of hydrogen-bond acceptors (Lipinski definition) is 2. The Bertz CT molecular complexity index is 1240. The summed E-state index contributed by atoms with van der Waals surface area (Å²) in [5, 5.41) is 1.43. The topological polar surface area (TPSA) is 71.8 Å². The van der Waals surface area contributed by atoms with E-state index in [0.717, 1.165) is 10.9 Å². The van der Waals surface area contributed by atoms with Crippen molar-refractivity contribution in [2.75, 3.05) is 0 Å². The fraction of sp³-hybridized carbons (Fsp3) is 0.0909. The van der Waals surface area contributed by atoms with E-state index in [9.17, 15) is 9.18 Å². The second-order valence-electron chi connectivity index (χ2n) is 6.61. The van der Waals surface area contributed by atoms with Gasteiger partial charge in [-0.3, -0.25) is 9.78 Å². The summed E-state index contributed by atoms with van der Waals surface area (Å²) in [6, 6.07) is 10.3. The van der Waals surface area contributed by atoms with Crippen molar-refractivity contribution in [3.05, 3.63) is 83.2 Å². The highest BCUT2D eigenvalue weighted by molar-refractivity contribution is 6.10. The Morgan fingerprint density at radius 1 is 1.21 bits per heavy atom. The quantitative estimate of drug-likeness (QED) is 0.546. The molecule has 0 bridgehead atoms. The van der Waals surface area contributed by atoms with E-state index in [1.165, 1.54) is 24.4 Å². The number of hydrogen-bond donors (Lipinski definition) is 2. The number of benzene rings is 2. The first kappa shape index (κ1) is 17.9. The fourth-order valence-electron chi connectivity index (χ4n) is 3.60. The van der Waals surface area contributed by atoms with Crippen LogP contribution in [0.5, 0.6) is 0 Å². The van der Waals surface area contributed by atoms with Crippen LogP contribution in [-0.4, -0.2) is 15.9 Å². The van der Waals surface area contributed by atoms with Gasteiger partial charge in [-0.2, -0.15) is 0 Å². The predicted molar refractivity (Wildman–Crippen MR) is 106 cm³/mol. The molecule has 2 heterocycles. The Morgan fingerprint density at radius 2 is 2.00 bits per heavy atom. The smallest absolute Gasteiger partial charge is 0.221 e. The molecule has 28 heavy (non-hydrogen) atoms. The van der Waals surface area contributed by atoms with E-state index >= 15 is 4.39 Å². The van der Waals surface area contributed by atoms with Crippen LogP contribution < -0.4 is 5.73 Å². The van der Waals surface area contributed by atoms with E-state index in [1.54, 1.807) is 0 Å². The highest BCUT2D eigenvalue weighted by Gasteiger charge is 2.20. The number of carbonyl (C=O) groups is 1. The van der Waals surface area contributed by atoms with Gasteiger partial charge in [-0.05, 0) is 35.4 Å². The number of halogens is 2. The van der Waals surface area contributed by atoms with Crippen LogP contribution in [0.3, 0.4) is 0 Å². The number of carbonyl (C=O) groups excluding carboxylic acids is 1. The van der Waals surface area contributed by atoms with Crippen molar-refractivity contribution in [1.82, 2.24) is 9.97 Å². The van der Waals surface area contributed by atoms with Crippen molar-refractivity contribution < 1.29 is 13.6 Å². The molecule has 2 aromatic carbocycles. The molecule has 1 amide bonds. The average molecular weight is 377 g/mol. The number of fused-ring (bicyclic) bond motifs is 3. The largest absolute Gasteiger partial charge is 0.369 e. The number of nitrogens with two attached hydrogens (primary N) is 1. The molecule has 0 saturated carbocycles. The van der Waals surface area contributed by atoms with Gasteiger partial charge in [0.05, 0.1) is 17.6 Å². The summed E-state index contributed by atoms with van der Waals surface area (Å²) in [5.41, 5.74) is 8.03. The summed E-state index contributed by atoms with van der Waals surface area (Å²) in [7, 11) is 0. The van der Waals surface area contributed by atoms with Gasteiger partial charge in [0.15, 0.2) is 5.82 Å². The van der Waals surface area contributed by atoms with Gasteiger partial charge in [0.2, 0.25) is 5.91 Å².